The number of nitrogens with two attached hydrogens (primary N) is 1. The molecule has 0 saturated carbocycles. The molecular weight excluding hydrogens is 485 g/mol. The lowest BCUT2D eigenvalue weighted by Crippen LogP contribution is -2.44. The number of nitrogens with zero attached hydrogens (tertiary/aromatic N) is 4. The van der Waals surface area contributed by atoms with Gasteiger partial charge in [-0.1, -0.05) is 23.2 Å². The van der Waals surface area contributed by atoms with Gasteiger partial charge >= 0.3 is 0 Å². The number of H-pyrrole nitrogens is 1. The van der Waals surface area contributed by atoms with E-state index >= 15 is 0 Å². The van der Waals surface area contributed by atoms with Crippen LogP contribution in [-0.4, -0.2) is 49.9 Å². The molecule has 1 aliphatic heterocycles. The summed E-state index contributed by atoms with van der Waals surface area (Å²) in [5, 5.41) is 5.14. The third kappa shape index (κ3) is 4.78. The van der Waals surface area contributed by atoms with Crippen LogP contribution < -0.4 is 11.1 Å². The number of aromatic amines is 1. The lowest BCUT2D eigenvalue weighted by Gasteiger charge is -2.36. The molecule has 0 radical (unpaired) electrons. The molecule has 3 heterocycles. The highest BCUT2D eigenvalue weighted by atomic mass is 35.5. The molecule has 4 N–H and O–H groups in total. The molecule has 35 heavy (non-hydrogen) atoms. The number of carbonyl (C=O) groups excluding carboxylic acids is 1. The Labute approximate surface area is 213 Å². The van der Waals surface area contributed by atoms with Gasteiger partial charge in [-0.15, -0.1) is 0 Å². The van der Waals surface area contributed by atoms with Crippen LogP contribution >= 0.6 is 23.2 Å². The zero-order chi connectivity index (χ0) is 24.5. The summed E-state index contributed by atoms with van der Waals surface area (Å²) in [6.45, 7) is 3.26. The molecule has 2 aromatic heterocycles. The van der Waals surface area contributed by atoms with Gasteiger partial charge in [-0.05, 0) is 69.5 Å². The second-order valence-corrected chi connectivity index (χ2v) is 9.79. The molecular formula is C25H27Cl2N7O. The summed E-state index contributed by atoms with van der Waals surface area (Å²) in [7, 11) is 0. The second kappa shape index (κ2) is 9.97. The van der Waals surface area contributed by atoms with Gasteiger partial charge in [0.25, 0.3) is 5.91 Å². The summed E-state index contributed by atoms with van der Waals surface area (Å²) in [5.74, 6) is 1.29. The van der Waals surface area contributed by atoms with Crippen molar-refractivity contribution in [2.45, 2.75) is 44.7 Å². The van der Waals surface area contributed by atoms with Crippen molar-refractivity contribution < 1.29 is 4.79 Å². The summed E-state index contributed by atoms with van der Waals surface area (Å²) in [6, 6.07) is 9.04. The molecule has 0 spiro atoms. The van der Waals surface area contributed by atoms with Gasteiger partial charge in [0.05, 0.1) is 33.2 Å². The van der Waals surface area contributed by atoms with E-state index in [2.05, 4.69) is 25.3 Å². The van der Waals surface area contributed by atoms with Crippen molar-refractivity contribution in [3.63, 3.8) is 0 Å². The lowest BCUT2D eigenvalue weighted by atomic mass is 9.98. The smallest absolute Gasteiger partial charge is 0.255 e. The van der Waals surface area contributed by atoms with Crippen molar-refractivity contribution in [3.05, 3.63) is 58.1 Å². The molecule has 0 unspecified atom stereocenters. The number of imidazole rings is 1. The SMILES string of the molecule is C[C@@H](Nc1ncnc2cc(C(=O)N3CCCC[C@@H]3CCN)c(Cl)cc12)c1nc2cc(Cl)ccc2[nH]1. The van der Waals surface area contributed by atoms with Crippen molar-refractivity contribution in [2.75, 3.05) is 18.4 Å². The molecule has 2 aromatic carbocycles. The number of rotatable bonds is 6. The molecule has 1 fully saturated rings. The van der Waals surface area contributed by atoms with Crippen molar-refractivity contribution in [3.8, 4) is 0 Å². The number of nitrogens with one attached hydrogen (secondary N) is 2. The minimum absolute atomic E-state index is 0.0718. The number of hydrogen-bond donors (Lipinski definition) is 3. The fourth-order valence-corrected chi connectivity index (χ4v) is 5.16. The Bertz CT molecular complexity index is 1390. The first-order valence-electron chi connectivity index (χ1n) is 11.8. The largest absolute Gasteiger partial charge is 0.360 e. The van der Waals surface area contributed by atoms with Crippen LogP contribution in [0.25, 0.3) is 21.9 Å². The van der Waals surface area contributed by atoms with Crippen molar-refractivity contribution in [1.29, 1.82) is 0 Å². The van der Waals surface area contributed by atoms with Crippen LogP contribution in [0.2, 0.25) is 10.0 Å². The van der Waals surface area contributed by atoms with Crippen LogP contribution in [0.4, 0.5) is 5.82 Å². The van der Waals surface area contributed by atoms with Crippen molar-refractivity contribution in [1.82, 2.24) is 24.8 Å². The van der Waals surface area contributed by atoms with E-state index in [9.17, 15) is 4.79 Å². The molecule has 1 aliphatic rings. The Morgan fingerprint density at radius 2 is 2.09 bits per heavy atom. The van der Waals surface area contributed by atoms with Crippen LogP contribution in [0.1, 0.15) is 54.8 Å². The predicted molar refractivity (Wildman–Crippen MR) is 140 cm³/mol. The topological polar surface area (TPSA) is 113 Å². The van der Waals surface area contributed by atoms with Crippen LogP contribution in [0.5, 0.6) is 0 Å². The maximum Gasteiger partial charge on any atom is 0.255 e. The quantitative estimate of drug-likeness (QED) is 0.322. The lowest BCUT2D eigenvalue weighted by molar-refractivity contribution is 0.0605. The number of amides is 1. The van der Waals surface area contributed by atoms with Gasteiger partial charge in [-0.2, -0.15) is 0 Å². The highest BCUT2D eigenvalue weighted by Gasteiger charge is 2.28. The van der Waals surface area contributed by atoms with E-state index in [1.165, 1.54) is 6.33 Å². The zero-order valence-corrected chi connectivity index (χ0v) is 20.9. The summed E-state index contributed by atoms with van der Waals surface area (Å²) >= 11 is 12.7. The number of halogens is 2. The standard InChI is InChI=1S/C25H27Cl2N7O/c1-14(23-32-20-6-5-15(26)10-22(20)33-23)31-24-18-11-19(27)17(12-21(18)29-13-30-24)25(35)34-9-3-2-4-16(34)7-8-28/h5-6,10-14,16H,2-4,7-9,28H2,1H3,(H,32,33)(H,29,30,31)/t14-,16-/m1/s1. The maximum atomic E-state index is 13.4. The van der Waals surface area contributed by atoms with E-state index in [0.29, 0.717) is 40.0 Å². The monoisotopic (exact) mass is 511 g/mol. The van der Waals surface area contributed by atoms with Crippen LogP contribution in [-0.2, 0) is 0 Å². The molecule has 0 bridgehead atoms. The number of aromatic nitrogens is 4. The van der Waals surface area contributed by atoms with Gasteiger partial charge in [-0.25, -0.2) is 15.0 Å². The number of carbonyl (C=O) groups is 1. The van der Waals surface area contributed by atoms with E-state index in [0.717, 1.165) is 47.9 Å². The first kappa shape index (κ1) is 23.8. The average Bonchev–Trinajstić information content (AvgIpc) is 3.28. The highest BCUT2D eigenvalue weighted by Crippen LogP contribution is 2.31. The number of fused-ring (bicyclic) bond motifs is 2. The Morgan fingerprint density at radius 3 is 2.91 bits per heavy atom. The first-order valence-corrected chi connectivity index (χ1v) is 12.6. The summed E-state index contributed by atoms with van der Waals surface area (Å²) < 4.78 is 0. The normalized spacial score (nSPS) is 17.1. The van der Waals surface area contributed by atoms with E-state index in [4.69, 9.17) is 28.9 Å². The molecule has 10 heteroatoms. The van der Waals surface area contributed by atoms with Crippen molar-refractivity contribution >= 4 is 56.9 Å². The fraction of sp³-hybridized carbons (Fsp3) is 0.360. The minimum Gasteiger partial charge on any atom is -0.360 e. The number of hydrogen-bond acceptors (Lipinski definition) is 6. The van der Waals surface area contributed by atoms with Crippen LogP contribution in [0.3, 0.4) is 0 Å². The Balaban J connectivity index is 1.43. The second-order valence-electron chi connectivity index (χ2n) is 8.95. The van der Waals surface area contributed by atoms with E-state index in [1.807, 2.05) is 30.0 Å². The van der Waals surface area contributed by atoms with Gasteiger partial charge in [0, 0.05) is 23.0 Å². The Morgan fingerprint density at radius 1 is 1.23 bits per heavy atom. The summed E-state index contributed by atoms with van der Waals surface area (Å²) in [6.07, 6.45) is 5.34. The fourth-order valence-electron chi connectivity index (χ4n) is 4.75. The minimum atomic E-state index is -0.176. The van der Waals surface area contributed by atoms with E-state index < -0.39 is 0 Å². The Kier molecular flexibility index (Phi) is 6.77. The number of benzene rings is 2. The average molecular weight is 512 g/mol. The van der Waals surface area contributed by atoms with Gasteiger partial charge in [0.15, 0.2) is 0 Å². The predicted octanol–water partition coefficient (Wildman–Crippen LogP) is 5.33. The highest BCUT2D eigenvalue weighted by molar-refractivity contribution is 6.35. The number of piperidine rings is 1. The number of anilines is 1. The molecule has 4 aromatic rings. The van der Waals surface area contributed by atoms with Gasteiger partial charge < -0.3 is 20.9 Å². The van der Waals surface area contributed by atoms with Crippen molar-refractivity contribution in [2.24, 2.45) is 5.73 Å². The summed E-state index contributed by atoms with van der Waals surface area (Å²) in [4.78, 5) is 32.1. The van der Waals surface area contributed by atoms with Crippen LogP contribution in [0, 0.1) is 0 Å². The van der Waals surface area contributed by atoms with Gasteiger partial charge in [-0.3, -0.25) is 4.79 Å². The van der Waals surface area contributed by atoms with E-state index in [1.54, 1.807) is 12.1 Å². The molecule has 2 atom stereocenters. The van der Waals surface area contributed by atoms with E-state index in [-0.39, 0.29) is 18.0 Å². The third-order valence-corrected chi connectivity index (χ3v) is 7.12. The molecule has 0 aliphatic carbocycles. The molecule has 1 saturated heterocycles. The molecule has 8 nitrogen and oxygen atoms in total. The molecule has 182 valence electrons. The Hall–Kier alpha value is -2.94. The zero-order valence-electron chi connectivity index (χ0n) is 19.4. The molecule has 1 amide bonds. The summed E-state index contributed by atoms with van der Waals surface area (Å²) in [5.41, 5.74) is 8.59. The first-order chi connectivity index (χ1) is 16.9. The third-order valence-electron chi connectivity index (χ3n) is 6.57. The van der Waals surface area contributed by atoms with Gasteiger partial charge in [0.1, 0.15) is 18.0 Å². The molecule has 5 rings (SSSR count). The van der Waals surface area contributed by atoms with Gasteiger partial charge in [0.2, 0.25) is 0 Å². The van der Waals surface area contributed by atoms with Crippen LogP contribution in [0.15, 0.2) is 36.7 Å². The maximum absolute atomic E-state index is 13.4. The number of likely N-dealkylation sites (tertiary alicyclic amines) is 1.